The maximum Gasteiger partial charge on any atom is 0.339 e. The molecule has 1 aliphatic carbocycles. The van der Waals surface area contributed by atoms with Gasteiger partial charge in [0.1, 0.15) is 0 Å². The normalized spacial score (nSPS) is 15.0. The fraction of sp³-hybridized carbons (Fsp3) is 0.269. The Balaban J connectivity index is 1.50. The van der Waals surface area contributed by atoms with Crippen LogP contribution in [0.1, 0.15) is 46.9 Å². The second-order valence-electron chi connectivity index (χ2n) is 8.04. The van der Waals surface area contributed by atoms with Gasteiger partial charge in [0.2, 0.25) is 6.79 Å². The summed E-state index contributed by atoms with van der Waals surface area (Å²) in [6.07, 6.45) is 4.32. The van der Waals surface area contributed by atoms with E-state index >= 15 is 0 Å². The van der Waals surface area contributed by atoms with Crippen LogP contribution in [-0.4, -0.2) is 36.8 Å². The molecule has 3 aromatic rings. The molecule has 5 rings (SSSR count). The molecule has 168 valence electrons. The fourth-order valence-corrected chi connectivity index (χ4v) is 4.24. The van der Waals surface area contributed by atoms with Crippen LogP contribution in [0.2, 0.25) is 0 Å². The highest BCUT2D eigenvalue weighted by Gasteiger charge is 2.28. The van der Waals surface area contributed by atoms with E-state index in [4.69, 9.17) is 19.2 Å². The van der Waals surface area contributed by atoms with Gasteiger partial charge in [0, 0.05) is 11.9 Å². The Morgan fingerprint density at radius 1 is 1.12 bits per heavy atom. The Morgan fingerprint density at radius 2 is 1.97 bits per heavy atom. The smallest absolute Gasteiger partial charge is 0.339 e. The van der Waals surface area contributed by atoms with Gasteiger partial charge in [-0.3, -0.25) is 4.79 Å². The van der Waals surface area contributed by atoms with Crippen molar-refractivity contribution in [2.45, 2.75) is 26.2 Å². The number of fused-ring (bicyclic) bond motifs is 3. The third kappa shape index (κ3) is 4.14. The molecule has 0 bridgehead atoms. The number of carbonyl (C=O) groups is 2. The van der Waals surface area contributed by atoms with Gasteiger partial charge in [-0.05, 0) is 60.2 Å². The number of hydrogen-bond donors (Lipinski definition) is 1. The zero-order chi connectivity index (χ0) is 22.8. The number of para-hydroxylation sites is 1. The van der Waals surface area contributed by atoms with Gasteiger partial charge in [-0.25, -0.2) is 9.78 Å². The molecule has 0 unspecified atom stereocenters. The maximum atomic E-state index is 13.1. The molecule has 1 amide bonds. The van der Waals surface area contributed by atoms with Crippen LogP contribution in [0.25, 0.3) is 22.6 Å². The van der Waals surface area contributed by atoms with Gasteiger partial charge >= 0.3 is 5.97 Å². The van der Waals surface area contributed by atoms with Crippen molar-refractivity contribution in [3.05, 3.63) is 64.8 Å². The Kier molecular flexibility index (Phi) is 5.69. The molecule has 1 aromatic heterocycles. The largest absolute Gasteiger partial charge is 0.454 e. The average Bonchev–Trinajstić information content (AvgIpc) is 3.46. The topological polar surface area (TPSA) is 86.8 Å². The first-order valence-corrected chi connectivity index (χ1v) is 11.1. The summed E-state index contributed by atoms with van der Waals surface area (Å²) in [6, 6.07) is 13.3. The van der Waals surface area contributed by atoms with E-state index in [-0.39, 0.29) is 19.3 Å². The van der Waals surface area contributed by atoms with E-state index in [9.17, 15) is 9.59 Å². The van der Waals surface area contributed by atoms with Gasteiger partial charge in [0.25, 0.3) is 5.91 Å². The molecule has 0 saturated heterocycles. The Bertz CT molecular complexity index is 1280. The molecule has 7 nitrogen and oxygen atoms in total. The molecule has 2 heterocycles. The van der Waals surface area contributed by atoms with Crippen LogP contribution in [-0.2, 0) is 16.0 Å². The molecule has 2 aliphatic rings. The zero-order valence-electron chi connectivity index (χ0n) is 18.3. The number of rotatable bonds is 6. The number of pyridine rings is 1. The number of carbonyl (C=O) groups excluding carboxylic acids is 2. The first-order chi connectivity index (χ1) is 16.1. The number of amides is 1. The lowest BCUT2D eigenvalue weighted by atomic mass is 10.0. The monoisotopic (exact) mass is 444 g/mol. The molecule has 0 spiro atoms. The van der Waals surface area contributed by atoms with E-state index in [1.165, 1.54) is 0 Å². The summed E-state index contributed by atoms with van der Waals surface area (Å²) >= 11 is 0. The SMILES string of the molecule is CCCNC(=O)COC(=O)c1c2c(nc3ccccc13)C(=Cc1ccc3c(c1)OCO3)CC2. The van der Waals surface area contributed by atoms with Gasteiger partial charge < -0.3 is 19.5 Å². The van der Waals surface area contributed by atoms with Crippen molar-refractivity contribution in [3.63, 3.8) is 0 Å². The highest BCUT2D eigenvalue weighted by Crippen LogP contribution is 2.39. The molecule has 0 atom stereocenters. The molecule has 0 fully saturated rings. The van der Waals surface area contributed by atoms with Gasteiger partial charge in [0.15, 0.2) is 18.1 Å². The van der Waals surface area contributed by atoms with Crippen molar-refractivity contribution in [3.8, 4) is 11.5 Å². The summed E-state index contributed by atoms with van der Waals surface area (Å²) in [5.74, 6) is 0.658. The predicted molar refractivity (Wildman–Crippen MR) is 124 cm³/mol. The number of allylic oxidation sites excluding steroid dienone is 1. The van der Waals surface area contributed by atoms with Crippen LogP contribution in [0.3, 0.4) is 0 Å². The van der Waals surface area contributed by atoms with E-state index in [1.54, 1.807) is 0 Å². The van der Waals surface area contributed by atoms with Gasteiger partial charge in [0.05, 0.1) is 16.8 Å². The third-order valence-electron chi connectivity index (χ3n) is 5.79. The third-order valence-corrected chi connectivity index (χ3v) is 5.79. The predicted octanol–water partition coefficient (Wildman–Crippen LogP) is 4.13. The quantitative estimate of drug-likeness (QED) is 0.575. The van der Waals surface area contributed by atoms with E-state index in [0.717, 1.165) is 57.6 Å². The first-order valence-electron chi connectivity index (χ1n) is 11.1. The second kappa shape index (κ2) is 8.94. The van der Waals surface area contributed by atoms with E-state index in [1.807, 2.05) is 49.4 Å². The van der Waals surface area contributed by atoms with Gasteiger partial charge in [-0.2, -0.15) is 0 Å². The van der Waals surface area contributed by atoms with Crippen molar-refractivity contribution in [2.75, 3.05) is 19.9 Å². The summed E-state index contributed by atoms with van der Waals surface area (Å²) in [5.41, 5.74) is 4.90. The molecule has 0 radical (unpaired) electrons. The number of ether oxygens (including phenoxy) is 3. The van der Waals surface area contributed by atoms with Crippen LogP contribution in [0.15, 0.2) is 42.5 Å². The summed E-state index contributed by atoms with van der Waals surface area (Å²) in [7, 11) is 0. The van der Waals surface area contributed by atoms with Crippen molar-refractivity contribution in [1.29, 1.82) is 0 Å². The van der Waals surface area contributed by atoms with E-state index in [2.05, 4.69) is 11.4 Å². The fourth-order valence-electron chi connectivity index (χ4n) is 4.24. The van der Waals surface area contributed by atoms with Crippen LogP contribution >= 0.6 is 0 Å². The molecule has 1 aliphatic heterocycles. The number of nitrogens with zero attached hydrogens (tertiary/aromatic N) is 1. The lowest BCUT2D eigenvalue weighted by Crippen LogP contribution is -2.29. The van der Waals surface area contributed by atoms with Crippen LogP contribution in [0, 0.1) is 0 Å². The summed E-state index contributed by atoms with van der Waals surface area (Å²) in [5, 5.41) is 3.46. The van der Waals surface area contributed by atoms with Gasteiger partial charge in [-0.15, -0.1) is 0 Å². The highest BCUT2D eigenvalue weighted by molar-refractivity contribution is 6.07. The summed E-state index contributed by atoms with van der Waals surface area (Å²) in [4.78, 5) is 29.9. The Hall–Kier alpha value is -3.87. The molecule has 0 saturated carbocycles. The highest BCUT2D eigenvalue weighted by atomic mass is 16.7. The van der Waals surface area contributed by atoms with Crippen molar-refractivity contribution in [2.24, 2.45) is 0 Å². The second-order valence-corrected chi connectivity index (χ2v) is 8.04. The van der Waals surface area contributed by atoms with Crippen LogP contribution in [0.5, 0.6) is 11.5 Å². The minimum absolute atomic E-state index is 0.230. The standard InChI is InChI=1S/C26H24N2O5/c1-2-11-27-23(29)14-31-26(30)24-18-5-3-4-6-20(18)28-25-17(8-9-19(24)25)12-16-7-10-21-22(13-16)33-15-32-21/h3-7,10,12-13H,2,8-9,11,14-15H2,1H3,(H,27,29). The molecular formula is C26H24N2O5. The number of hydrogen-bond acceptors (Lipinski definition) is 6. The first kappa shape index (κ1) is 21.0. The molecule has 2 aromatic carbocycles. The molecule has 7 heteroatoms. The number of benzene rings is 2. The zero-order valence-corrected chi connectivity index (χ0v) is 18.3. The number of aromatic nitrogens is 1. The minimum atomic E-state index is -0.499. The average molecular weight is 444 g/mol. The number of nitrogens with one attached hydrogen (secondary N) is 1. The van der Waals surface area contributed by atoms with Crippen molar-refractivity contribution in [1.82, 2.24) is 10.3 Å². The van der Waals surface area contributed by atoms with E-state index < -0.39 is 5.97 Å². The molecular weight excluding hydrogens is 420 g/mol. The minimum Gasteiger partial charge on any atom is -0.454 e. The summed E-state index contributed by atoms with van der Waals surface area (Å²) < 4.78 is 16.3. The number of esters is 1. The lowest BCUT2D eigenvalue weighted by Gasteiger charge is -2.12. The lowest BCUT2D eigenvalue weighted by molar-refractivity contribution is -0.124. The van der Waals surface area contributed by atoms with Crippen molar-refractivity contribution < 1.29 is 23.8 Å². The van der Waals surface area contributed by atoms with Gasteiger partial charge in [-0.1, -0.05) is 31.2 Å². The van der Waals surface area contributed by atoms with Crippen LogP contribution < -0.4 is 14.8 Å². The van der Waals surface area contributed by atoms with E-state index in [0.29, 0.717) is 18.5 Å². The maximum absolute atomic E-state index is 13.1. The summed E-state index contributed by atoms with van der Waals surface area (Å²) in [6.45, 7) is 2.45. The van der Waals surface area contributed by atoms with Crippen LogP contribution in [0.4, 0.5) is 0 Å². The molecule has 33 heavy (non-hydrogen) atoms. The van der Waals surface area contributed by atoms with Crippen molar-refractivity contribution >= 4 is 34.4 Å². The molecule has 1 N–H and O–H groups in total. The Morgan fingerprint density at radius 3 is 2.85 bits per heavy atom. The Labute approximate surface area is 191 Å².